The summed E-state index contributed by atoms with van der Waals surface area (Å²) in [5.41, 5.74) is 2.52. The van der Waals surface area contributed by atoms with Gasteiger partial charge in [-0.1, -0.05) is 35.3 Å². The number of anilines is 1. The van der Waals surface area contributed by atoms with Gasteiger partial charge in [-0.3, -0.25) is 9.59 Å². The lowest BCUT2D eigenvalue weighted by atomic mass is 10.1. The van der Waals surface area contributed by atoms with Gasteiger partial charge in [0.1, 0.15) is 5.75 Å². The van der Waals surface area contributed by atoms with Crippen molar-refractivity contribution in [1.82, 2.24) is 4.98 Å². The number of aromatic nitrogens is 1. The number of pyridine rings is 1. The molecule has 1 N–H and O–H groups in total. The van der Waals surface area contributed by atoms with Crippen LogP contribution in [0.4, 0.5) is 5.69 Å². The Balaban J connectivity index is 0.00000240. The van der Waals surface area contributed by atoms with E-state index < -0.39 is 0 Å². The summed E-state index contributed by atoms with van der Waals surface area (Å²) >= 11 is 11.8. The van der Waals surface area contributed by atoms with Crippen LogP contribution >= 0.6 is 35.6 Å². The number of hydrogen-bond acceptors (Lipinski definition) is 4. The molecule has 1 aromatic heterocycles. The van der Waals surface area contributed by atoms with E-state index in [1.807, 2.05) is 12.1 Å². The second kappa shape index (κ2) is 8.82. The second-order valence-electron chi connectivity index (χ2n) is 6.28. The minimum Gasteiger partial charge on any atom is -0.439 e. The fourth-order valence-corrected chi connectivity index (χ4v) is 3.32. The predicted molar refractivity (Wildman–Crippen MR) is 115 cm³/mol. The number of nitrogens with one attached hydrogen (secondary N) is 1. The van der Waals surface area contributed by atoms with E-state index in [-0.39, 0.29) is 24.1 Å². The first-order valence-corrected chi connectivity index (χ1v) is 9.32. The van der Waals surface area contributed by atoms with Gasteiger partial charge in [0.25, 0.3) is 5.91 Å². The summed E-state index contributed by atoms with van der Waals surface area (Å²) in [5.74, 6) is 0.811. The largest absolute Gasteiger partial charge is 0.439 e. The number of carbonyl (C=O) groups is 2. The highest BCUT2D eigenvalue weighted by atomic mass is 35.5. The van der Waals surface area contributed by atoms with Crippen LogP contribution in [-0.4, -0.2) is 16.7 Å². The van der Waals surface area contributed by atoms with Crippen molar-refractivity contribution in [3.05, 3.63) is 81.5 Å². The topological polar surface area (TPSA) is 68.3 Å². The number of ketones is 1. The highest BCUT2D eigenvalue weighted by Gasteiger charge is 2.23. The Kier molecular flexibility index (Phi) is 6.42. The van der Waals surface area contributed by atoms with Crippen LogP contribution in [0.25, 0.3) is 0 Å². The fourth-order valence-electron chi connectivity index (χ4n) is 3.02. The van der Waals surface area contributed by atoms with E-state index >= 15 is 0 Å². The van der Waals surface area contributed by atoms with Crippen LogP contribution in [0.1, 0.15) is 32.7 Å². The quantitative estimate of drug-likeness (QED) is 0.532. The van der Waals surface area contributed by atoms with Crippen molar-refractivity contribution in [2.75, 3.05) is 5.32 Å². The first kappa shape index (κ1) is 21.1. The predicted octanol–water partition coefficient (Wildman–Crippen LogP) is 5.98. The Morgan fingerprint density at radius 2 is 1.86 bits per heavy atom. The van der Waals surface area contributed by atoms with Gasteiger partial charge in [-0.25, -0.2) is 4.98 Å². The Labute approximate surface area is 183 Å². The molecule has 5 nitrogen and oxygen atoms in total. The average Bonchev–Trinajstić information content (AvgIpc) is 3.07. The van der Waals surface area contributed by atoms with Crippen molar-refractivity contribution < 1.29 is 14.3 Å². The number of carbonyl (C=O) groups excluding carboxylic acids is 2. The van der Waals surface area contributed by atoms with Crippen LogP contribution in [0.5, 0.6) is 11.6 Å². The molecule has 0 aliphatic heterocycles. The summed E-state index contributed by atoms with van der Waals surface area (Å²) in [4.78, 5) is 28.4. The second-order valence-corrected chi connectivity index (χ2v) is 7.09. The third kappa shape index (κ3) is 4.53. The van der Waals surface area contributed by atoms with Gasteiger partial charge in [-0.05, 0) is 36.8 Å². The molecule has 148 valence electrons. The summed E-state index contributed by atoms with van der Waals surface area (Å²) in [6.07, 6.45) is 2.67. The monoisotopic (exact) mass is 448 g/mol. The molecule has 0 radical (unpaired) electrons. The number of amides is 1. The van der Waals surface area contributed by atoms with E-state index in [9.17, 15) is 9.59 Å². The van der Waals surface area contributed by atoms with E-state index in [0.29, 0.717) is 51.3 Å². The first-order chi connectivity index (χ1) is 13.5. The minimum atomic E-state index is -0.326. The van der Waals surface area contributed by atoms with Crippen LogP contribution in [0, 0.1) is 0 Å². The molecule has 3 aromatic rings. The summed E-state index contributed by atoms with van der Waals surface area (Å²) in [6, 6.07) is 13.4. The average molecular weight is 450 g/mol. The van der Waals surface area contributed by atoms with Crippen molar-refractivity contribution in [3.63, 3.8) is 0 Å². The summed E-state index contributed by atoms with van der Waals surface area (Å²) < 4.78 is 5.83. The lowest BCUT2D eigenvalue weighted by Gasteiger charge is -2.10. The molecule has 0 spiro atoms. The Hall–Kier alpha value is -2.60. The zero-order valence-corrected chi connectivity index (χ0v) is 17.3. The summed E-state index contributed by atoms with van der Waals surface area (Å²) in [5, 5.41) is 3.44. The van der Waals surface area contributed by atoms with Crippen LogP contribution in [0.3, 0.4) is 0 Å². The minimum absolute atomic E-state index is 0. The zero-order valence-electron chi connectivity index (χ0n) is 14.9. The van der Waals surface area contributed by atoms with E-state index in [4.69, 9.17) is 27.9 Å². The van der Waals surface area contributed by atoms with Crippen LogP contribution in [-0.2, 0) is 6.42 Å². The number of halogens is 3. The molecular formula is C21H15Cl3N2O3. The molecule has 8 heteroatoms. The Morgan fingerprint density at radius 3 is 2.59 bits per heavy atom. The number of nitrogens with zero attached hydrogens (tertiary/aromatic N) is 1. The van der Waals surface area contributed by atoms with Gasteiger partial charge in [-0.2, -0.15) is 0 Å². The zero-order chi connectivity index (χ0) is 19.7. The third-order valence-electron chi connectivity index (χ3n) is 4.43. The van der Waals surface area contributed by atoms with E-state index in [1.54, 1.807) is 30.3 Å². The van der Waals surface area contributed by atoms with Crippen molar-refractivity contribution in [1.29, 1.82) is 0 Å². The van der Waals surface area contributed by atoms with Crippen LogP contribution in [0.2, 0.25) is 10.0 Å². The van der Waals surface area contributed by atoms with Crippen LogP contribution < -0.4 is 10.1 Å². The van der Waals surface area contributed by atoms with Gasteiger partial charge in [0.05, 0.1) is 21.9 Å². The number of ether oxygens (including phenoxy) is 1. The molecule has 0 fully saturated rings. The number of rotatable bonds is 4. The van der Waals surface area contributed by atoms with E-state index in [0.717, 1.165) is 5.56 Å². The van der Waals surface area contributed by atoms with Crippen molar-refractivity contribution in [2.24, 2.45) is 0 Å². The number of hydrogen-bond donors (Lipinski definition) is 1. The molecule has 0 bridgehead atoms. The number of fused-ring (bicyclic) bond motifs is 1. The Morgan fingerprint density at radius 1 is 1.03 bits per heavy atom. The Bertz CT molecular complexity index is 1090. The summed E-state index contributed by atoms with van der Waals surface area (Å²) in [7, 11) is 0. The van der Waals surface area contributed by atoms with Crippen molar-refractivity contribution in [3.8, 4) is 11.6 Å². The van der Waals surface area contributed by atoms with E-state index in [2.05, 4.69) is 10.3 Å². The molecule has 29 heavy (non-hydrogen) atoms. The normalized spacial score (nSPS) is 12.1. The first-order valence-electron chi connectivity index (χ1n) is 8.56. The third-order valence-corrected chi connectivity index (χ3v) is 5.17. The molecular weight excluding hydrogens is 435 g/mol. The van der Waals surface area contributed by atoms with Crippen molar-refractivity contribution in [2.45, 2.75) is 12.8 Å². The molecule has 1 aliphatic carbocycles. The van der Waals surface area contributed by atoms with Gasteiger partial charge in [0.15, 0.2) is 5.78 Å². The lowest BCUT2D eigenvalue weighted by molar-refractivity contribution is 0.0992. The summed E-state index contributed by atoms with van der Waals surface area (Å²) in [6.45, 7) is 0. The van der Waals surface area contributed by atoms with Gasteiger partial charge < -0.3 is 10.1 Å². The van der Waals surface area contributed by atoms with Crippen molar-refractivity contribution >= 4 is 53.0 Å². The molecule has 1 aliphatic rings. The molecule has 0 saturated heterocycles. The molecule has 2 aromatic carbocycles. The maximum atomic E-state index is 12.3. The molecule has 0 atom stereocenters. The molecule has 0 saturated carbocycles. The SMILES string of the molecule is Cl.O=C(Nc1ccc(Oc2cccc3c2CCC3=O)nc1)c1ccc(Cl)c(Cl)c1. The molecule has 0 unspecified atom stereocenters. The van der Waals surface area contributed by atoms with Gasteiger partial charge in [0, 0.05) is 29.2 Å². The maximum Gasteiger partial charge on any atom is 0.255 e. The molecule has 4 rings (SSSR count). The number of Topliss-reactive ketones (excluding diaryl/α,β-unsaturated/α-hetero) is 1. The smallest absolute Gasteiger partial charge is 0.255 e. The fraction of sp³-hybridized carbons (Fsp3) is 0.0952. The maximum absolute atomic E-state index is 12.3. The van der Waals surface area contributed by atoms with Gasteiger partial charge in [-0.15, -0.1) is 12.4 Å². The number of benzene rings is 2. The molecule has 1 amide bonds. The van der Waals surface area contributed by atoms with Crippen LogP contribution in [0.15, 0.2) is 54.7 Å². The highest BCUT2D eigenvalue weighted by Crippen LogP contribution is 2.33. The molecule has 1 heterocycles. The van der Waals surface area contributed by atoms with Gasteiger partial charge in [0.2, 0.25) is 5.88 Å². The standard InChI is InChI=1S/C21H14Cl2N2O3.ClH/c22-16-7-4-12(10-17(16)23)21(27)25-13-5-9-20(24-11-13)28-19-3-1-2-14-15(19)6-8-18(14)26;/h1-5,7,9-11H,6,8H2,(H,25,27);1H. The van der Waals surface area contributed by atoms with E-state index in [1.165, 1.54) is 12.3 Å². The highest BCUT2D eigenvalue weighted by molar-refractivity contribution is 6.42. The lowest BCUT2D eigenvalue weighted by Crippen LogP contribution is -2.12. The van der Waals surface area contributed by atoms with Gasteiger partial charge >= 0.3 is 0 Å².